The maximum atomic E-state index is 11.3. The van der Waals surface area contributed by atoms with Crippen LogP contribution in [0.15, 0.2) is 30.5 Å². The quantitative estimate of drug-likeness (QED) is 0.913. The largest absolute Gasteiger partial charge is 0.476 e. The molecule has 0 fully saturated rings. The number of carbonyl (C=O) groups is 1. The van der Waals surface area contributed by atoms with Crippen molar-refractivity contribution in [2.45, 2.75) is 26.7 Å². The van der Waals surface area contributed by atoms with E-state index in [0.717, 1.165) is 17.5 Å². The summed E-state index contributed by atoms with van der Waals surface area (Å²) in [4.78, 5) is 19.7. The second-order valence-corrected chi connectivity index (χ2v) is 4.47. The van der Waals surface area contributed by atoms with Crippen molar-refractivity contribution in [3.63, 3.8) is 0 Å². The number of aromatic nitrogens is 2. The fourth-order valence-corrected chi connectivity index (χ4v) is 1.87. The first-order valence-electron chi connectivity index (χ1n) is 6.28. The maximum absolute atomic E-state index is 11.3. The molecule has 19 heavy (non-hydrogen) atoms. The summed E-state index contributed by atoms with van der Waals surface area (Å²) >= 11 is 0. The van der Waals surface area contributed by atoms with Crippen LogP contribution < -0.4 is 0 Å². The zero-order valence-electron chi connectivity index (χ0n) is 11.1. The van der Waals surface area contributed by atoms with Crippen molar-refractivity contribution >= 4 is 5.97 Å². The Labute approximate surface area is 112 Å². The van der Waals surface area contributed by atoms with Crippen molar-refractivity contribution in [3.05, 3.63) is 47.5 Å². The van der Waals surface area contributed by atoms with Crippen molar-refractivity contribution in [1.82, 2.24) is 9.97 Å². The lowest BCUT2D eigenvalue weighted by Gasteiger charge is -2.07. The molecule has 0 aliphatic carbocycles. The van der Waals surface area contributed by atoms with Gasteiger partial charge in [-0.3, -0.25) is 0 Å². The molecule has 1 aromatic carbocycles. The minimum absolute atomic E-state index is 0.0716. The molecule has 4 heteroatoms. The summed E-state index contributed by atoms with van der Waals surface area (Å²) in [5.41, 5.74) is 2.59. The normalized spacial score (nSPS) is 10.4. The van der Waals surface area contributed by atoms with E-state index in [2.05, 4.69) is 9.97 Å². The molecule has 0 bridgehead atoms. The molecule has 1 aromatic heterocycles. The van der Waals surface area contributed by atoms with Crippen LogP contribution >= 0.6 is 0 Å². The monoisotopic (exact) mass is 256 g/mol. The summed E-state index contributed by atoms with van der Waals surface area (Å²) in [6, 6.07) is 7.67. The van der Waals surface area contributed by atoms with Gasteiger partial charge >= 0.3 is 5.97 Å². The van der Waals surface area contributed by atoms with E-state index in [4.69, 9.17) is 0 Å². The number of carboxylic acid groups (broad SMARTS) is 1. The molecule has 0 aliphatic heterocycles. The van der Waals surface area contributed by atoms with Crippen molar-refractivity contribution in [1.29, 1.82) is 0 Å². The lowest BCUT2D eigenvalue weighted by atomic mass is 10.0. The Morgan fingerprint density at radius 2 is 1.95 bits per heavy atom. The first-order valence-corrected chi connectivity index (χ1v) is 6.28. The minimum Gasteiger partial charge on any atom is -0.476 e. The molecule has 1 heterocycles. The molecule has 0 amide bonds. The van der Waals surface area contributed by atoms with Gasteiger partial charge in [-0.05, 0) is 18.9 Å². The molecule has 0 saturated carbocycles. The van der Waals surface area contributed by atoms with E-state index in [9.17, 15) is 9.90 Å². The first kappa shape index (κ1) is 13.2. The Kier molecular flexibility index (Phi) is 3.90. The van der Waals surface area contributed by atoms with Gasteiger partial charge in [-0.25, -0.2) is 14.8 Å². The van der Waals surface area contributed by atoms with E-state index in [1.807, 2.05) is 38.1 Å². The van der Waals surface area contributed by atoms with E-state index >= 15 is 0 Å². The molecule has 2 rings (SSSR count). The second kappa shape index (κ2) is 5.61. The minimum atomic E-state index is -1.02. The summed E-state index contributed by atoms with van der Waals surface area (Å²) in [5, 5.41) is 9.28. The van der Waals surface area contributed by atoms with Gasteiger partial charge in [0.15, 0.2) is 5.69 Å². The van der Waals surface area contributed by atoms with Gasteiger partial charge in [0.25, 0.3) is 0 Å². The van der Waals surface area contributed by atoms with E-state index in [-0.39, 0.29) is 5.69 Å². The van der Waals surface area contributed by atoms with Crippen LogP contribution in [0.25, 0.3) is 11.1 Å². The number of aromatic carboxylic acids is 1. The third-order valence-corrected chi connectivity index (χ3v) is 2.88. The standard InChI is InChI=1S/C15H16N2O2/c1-3-4-13-16-9-12(14(17-13)15(18)19)11-7-5-10(2)6-8-11/h5-9H,3-4H2,1-2H3,(H,18,19). The molecule has 0 saturated heterocycles. The molecule has 98 valence electrons. The Bertz CT molecular complexity index is 592. The summed E-state index contributed by atoms with van der Waals surface area (Å²) in [6.07, 6.45) is 3.18. The van der Waals surface area contributed by atoms with Crippen LogP contribution in [0, 0.1) is 6.92 Å². The number of benzene rings is 1. The van der Waals surface area contributed by atoms with Crippen molar-refractivity contribution in [3.8, 4) is 11.1 Å². The molecular formula is C15H16N2O2. The Morgan fingerprint density at radius 3 is 2.53 bits per heavy atom. The predicted octanol–water partition coefficient (Wildman–Crippen LogP) is 3.10. The smallest absolute Gasteiger partial charge is 0.355 e. The number of nitrogens with zero attached hydrogens (tertiary/aromatic N) is 2. The molecule has 0 aliphatic rings. The Morgan fingerprint density at radius 1 is 1.26 bits per heavy atom. The van der Waals surface area contributed by atoms with Crippen molar-refractivity contribution < 1.29 is 9.90 Å². The molecular weight excluding hydrogens is 240 g/mol. The van der Waals surface area contributed by atoms with Gasteiger partial charge < -0.3 is 5.11 Å². The predicted molar refractivity (Wildman–Crippen MR) is 73.2 cm³/mol. The number of carboxylic acids is 1. The van der Waals surface area contributed by atoms with Gasteiger partial charge in [-0.2, -0.15) is 0 Å². The number of aryl methyl sites for hydroxylation is 2. The van der Waals surface area contributed by atoms with Crippen molar-refractivity contribution in [2.75, 3.05) is 0 Å². The summed E-state index contributed by atoms with van der Waals surface area (Å²) in [6.45, 7) is 4.00. The molecule has 1 N–H and O–H groups in total. The Balaban J connectivity index is 2.50. The zero-order valence-corrected chi connectivity index (χ0v) is 11.1. The zero-order chi connectivity index (χ0) is 13.8. The topological polar surface area (TPSA) is 63.1 Å². The van der Waals surface area contributed by atoms with Crippen LogP contribution in [-0.4, -0.2) is 21.0 Å². The Hall–Kier alpha value is -2.23. The maximum Gasteiger partial charge on any atom is 0.355 e. The van der Waals surface area contributed by atoms with E-state index < -0.39 is 5.97 Å². The van der Waals surface area contributed by atoms with E-state index in [1.165, 1.54) is 0 Å². The molecule has 2 aromatic rings. The summed E-state index contributed by atoms with van der Waals surface area (Å²) in [7, 11) is 0. The van der Waals surface area contributed by atoms with Crippen LogP contribution in [0.3, 0.4) is 0 Å². The molecule has 0 spiro atoms. The van der Waals surface area contributed by atoms with Gasteiger partial charge in [-0.15, -0.1) is 0 Å². The third kappa shape index (κ3) is 2.96. The van der Waals surface area contributed by atoms with Gasteiger partial charge in [0, 0.05) is 18.2 Å². The number of hydrogen-bond donors (Lipinski definition) is 1. The highest BCUT2D eigenvalue weighted by atomic mass is 16.4. The fraction of sp³-hybridized carbons (Fsp3) is 0.267. The second-order valence-electron chi connectivity index (χ2n) is 4.47. The highest BCUT2D eigenvalue weighted by Crippen LogP contribution is 2.22. The average molecular weight is 256 g/mol. The van der Waals surface area contributed by atoms with E-state index in [0.29, 0.717) is 17.8 Å². The molecule has 0 atom stereocenters. The van der Waals surface area contributed by atoms with Crippen LogP contribution in [-0.2, 0) is 6.42 Å². The highest BCUT2D eigenvalue weighted by Gasteiger charge is 2.15. The number of hydrogen-bond acceptors (Lipinski definition) is 3. The number of rotatable bonds is 4. The molecule has 4 nitrogen and oxygen atoms in total. The highest BCUT2D eigenvalue weighted by molar-refractivity contribution is 5.93. The average Bonchev–Trinajstić information content (AvgIpc) is 2.40. The van der Waals surface area contributed by atoms with Crippen LogP contribution in [0.1, 0.15) is 35.2 Å². The first-order chi connectivity index (χ1) is 9.11. The third-order valence-electron chi connectivity index (χ3n) is 2.88. The SMILES string of the molecule is CCCc1ncc(-c2ccc(C)cc2)c(C(=O)O)n1. The van der Waals surface area contributed by atoms with Gasteiger partial charge in [0.05, 0.1) is 0 Å². The van der Waals surface area contributed by atoms with Gasteiger partial charge in [0.2, 0.25) is 0 Å². The van der Waals surface area contributed by atoms with Crippen LogP contribution in [0.2, 0.25) is 0 Å². The fourth-order valence-electron chi connectivity index (χ4n) is 1.87. The van der Waals surface area contributed by atoms with E-state index in [1.54, 1.807) is 6.20 Å². The summed E-state index contributed by atoms with van der Waals surface area (Å²) in [5.74, 6) is -0.439. The lowest BCUT2D eigenvalue weighted by molar-refractivity contribution is 0.0691. The van der Waals surface area contributed by atoms with Crippen LogP contribution in [0.5, 0.6) is 0 Å². The lowest BCUT2D eigenvalue weighted by Crippen LogP contribution is -2.07. The molecule has 0 radical (unpaired) electrons. The summed E-state index contributed by atoms with van der Waals surface area (Å²) < 4.78 is 0. The van der Waals surface area contributed by atoms with Gasteiger partial charge in [0.1, 0.15) is 5.82 Å². The van der Waals surface area contributed by atoms with Crippen LogP contribution in [0.4, 0.5) is 0 Å². The van der Waals surface area contributed by atoms with Crippen molar-refractivity contribution in [2.24, 2.45) is 0 Å². The molecule has 0 unspecified atom stereocenters. The van der Waals surface area contributed by atoms with Gasteiger partial charge in [-0.1, -0.05) is 36.8 Å².